The molecule has 0 unspecified atom stereocenters. The van der Waals surface area contributed by atoms with E-state index in [4.69, 9.17) is 6.03 Å². The molecule has 2 nitrogen and oxygen atoms in total. The van der Waals surface area contributed by atoms with Crippen LogP contribution in [0.15, 0.2) is 0 Å². The molecule has 0 aliphatic rings. The molecular formula is C8H19O2Sb. The van der Waals surface area contributed by atoms with Crippen LogP contribution in [0.1, 0.15) is 33.6 Å². The molecule has 0 aliphatic carbocycles. The maximum absolute atomic E-state index is 5.55. The van der Waals surface area contributed by atoms with Crippen molar-refractivity contribution < 1.29 is 6.03 Å². The van der Waals surface area contributed by atoms with Crippen LogP contribution >= 0.6 is 0 Å². The molecule has 0 aromatic carbocycles. The van der Waals surface area contributed by atoms with Crippen LogP contribution in [0.25, 0.3) is 0 Å². The van der Waals surface area contributed by atoms with E-state index in [2.05, 4.69) is 6.92 Å². The molecule has 11 heavy (non-hydrogen) atoms. The molecule has 0 spiro atoms. The summed E-state index contributed by atoms with van der Waals surface area (Å²) in [6.45, 7) is 7.94. The Labute approximate surface area is 78.3 Å². The van der Waals surface area contributed by atoms with Crippen molar-refractivity contribution in [2.75, 3.05) is 13.2 Å². The summed E-state index contributed by atoms with van der Waals surface area (Å²) in [5.74, 6) is 0. The van der Waals surface area contributed by atoms with Crippen molar-refractivity contribution in [2.24, 2.45) is 0 Å². The van der Waals surface area contributed by atoms with Gasteiger partial charge in [0.05, 0.1) is 0 Å². The average molecular weight is 269 g/mol. The van der Waals surface area contributed by atoms with E-state index in [1.165, 1.54) is 17.2 Å². The van der Waals surface area contributed by atoms with E-state index in [0.29, 0.717) is 0 Å². The van der Waals surface area contributed by atoms with Crippen LogP contribution in [0, 0.1) is 0 Å². The standard InChI is InChI=1S/C4H9.2C2H5O.Sb/c1-3-4-2;2*1-2-3;/h1,3-4H2,2H3;2*2H2,1H3;/q;2*-1;+2. The third kappa shape index (κ3) is 7.11. The van der Waals surface area contributed by atoms with Crippen molar-refractivity contribution in [3.8, 4) is 0 Å². The summed E-state index contributed by atoms with van der Waals surface area (Å²) in [6, 6.07) is 0. The Balaban J connectivity index is 3.34. The SMILES string of the molecule is CCC[CH2][Sb]([O]CC)[O]CC. The van der Waals surface area contributed by atoms with Crippen molar-refractivity contribution >= 4 is 21.1 Å². The maximum atomic E-state index is 5.55. The zero-order valence-electron chi connectivity index (χ0n) is 7.80. The van der Waals surface area contributed by atoms with Gasteiger partial charge in [-0.15, -0.1) is 0 Å². The first-order valence-electron chi connectivity index (χ1n) is 4.38. The van der Waals surface area contributed by atoms with Gasteiger partial charge in [-0.3, -0.25) is 0 Å². The Kier molecular flexibility index (Phi) is 9.42. The molecule has 0 saturated heterocycles. The fourth-order valence-electron chi connectivity index (χ4n) is 0.742. The Bertz CT molecular complexity index is 72.5. The molecule has 0 heterocycles. The van der Waals surface area contributed by atoms with E-state index < -0.39 is 21.1 Å². The van der Waals surface area contributed by atoms with Gasteiger partial charge in [0.1, 0.15) is 0 Å². The van der Waals surface area contributed by atoms with Crippen LogP contribution < -0.4 is 0 Å². The number of rotatable bonds is 7. The predicted molar refractivity (Wildman–Crippen MR) is 48.7 cm³/mol. The van der Waals surface area contributed by atoms with Gasteiger partial charge in [0.2, 0.25) is 0 Å². The Morgan fingerprint density at radius 2 is 1.55 bits per heavy atom. The molecule has 0 amide bonds. The topological polar surface area (TPSA) is 18.5 Å². The second-order valence-corrected chi connectivity index (χ2v) is 6.90. The zero-order chi connectivity index (χ0) is 8.53. The molecule has 3 heteroatoms. The van der Waals surface area contributed by atoms with Gasteiger partial charge >= 0.3 is 78.3 Å². The van der Waals surface area contributed by atoms with Crippen molar-refractivity contribution in [3.05, 3.63) is 0 Å². The molecule has 0 aromatic heterocycles. The number of hydrogen-bond acceptors (Lipinski definition) is 2. The molecular weight excluding hydrogens is 250 g/mol. The molecule has 0 saturated carbocycles. The van der Waals surface area contributed by atoms with Gasteiger partial charge in [0.25, 0.3) is 0 Å². The van der Waals surface area contributed by atoms with Gasteiger partial charge in [-0.05, 0) is 0 Å². The first-order valence-corrected chi connectivity index (χ1v) is 8.27. The predicted octanol–water partition coefficient (Wildman–Crippen LogP) is 2.35. The fraction of sp³-hybridized carbons (Fsp3) is 1.00. The number of hydrogen-bond donors (Lipinski definition) is 0. The van der Waals surface area contributed by atoms with Gasteiger partial charge in [-0.25, -0.2) is 0 Å². The Morgan fingerprint density at radius 1 is 1.00 bits per heavy atom. The van der Waals surface area contributed by atoms with E-state index in [-0.39, 0.29) is 0 Å². The summed E-state index contributed by atoms with van der Waals surface area (Å²) in [5.41, 5.74) is 0. The van der Waals surface area contributed by atoms with Crippen molar-refractivity contribution in [2.45, 2.75) is 38.0 Å². The van der Waals surface area contributed by atoms with E-state index >= 15 is 0 Å². The Morgan fingerprint density at radius 3 is 1.91 bits per heavy atom. The Hall–Kier alpha value is 0.738. The molecule has 0 aromatic rings. The van der Waals surface area contributed by atoms with E-state index in [1.54, 1.807) is 0 Å². The summed E-state index contributed by atoms with van der Waals surface area (Å²) < 4.78 is 12.3. The molecule has 0 rings (SSSR count). The molecule has 0 bridgehead atoms. The van der Waals surface area contributed by atoms with Crippen LogP contribution in [0.5, 0.6) is 0 Å². The molecule has 0 aliphatic heterocycles. The zero-order valence-corrected chi connectivity index (χ0v) is 10.4. The second-order valence-electron chi connectivity index (χ2n) is 2.25. The summed E-state index contributed by atoms with van der Waals surface area (Å²) in [7, 11) is 0. The number of unbranched alkanes of at least 4 members (excludes halogenated alkanes) is 1. The minimum absolute atomic E-state index is 0.826. The first-order chi connectivity index (χ1) is 5.35. The fourth-order valence-corrected chi connectivity index (χ4v) is 4.97. The van der Waals surface area contributed by atoms with E-state index in [1.807, 2.05) is 13.8 Å². The molecule has 68 valence electrons. The monoisotopic (exact) mass is 268 g/mol. The third-order valence-electron chi connectivity index (χ3n) is 1.24. The molecule has 0 fully saturated rings. The molecule has 0 atom stereocenters. The minimum atomic E-state index is -1.66. The molecule has 0 N–H and O–H groups in total. The van der Waals surface area contributed by atoms with Crippen molar-refractivity contribution in [1.82, 2.24) is 0 Å². The van der Waals surface area contributed by atoms with Crippen LogP contribution in [-0.2, 0) is 6.03 Å². The summed E-state index contributed by atoms with van der Waals surface area (Å²) in [5, 5.41) is 0. The van der Waals surface area contributed by atoms with Crippen molar-refractivity contribution in [1.29, 1.82) is 0 Å². The average Bonchev–Trinajstić information content (AvgIpc) is 2.01. The van der Waals surface area contributed by atoms with Crippen LogP contribution in [0.2, 0.25) is 4.37 Å². The van der Waals surface area contributed by atoms with Crippen LogP contribution in [0.3, 0.4) is 0 Å². The summed E-state index contributed by atoms with van der Waals surface area (Å²) >= 11 is -1.66. The third-order valence-corrected chi connectivity index (χ3v) is 6.30. The molecule has 0 radical (unpaired) electrons. The first kappa shape index (κ1) is 11.7. The van der Waals surface area contributed by atoms with E-state index in [0.717, 1.165) is 13.2 Å². The summed E-state index contributed by atoms with van der Waals surface area (Å²) in [6.07, 6.45) is 2.52. The summed E-state index contributed by atoms with van der Waals surface area (Å²) in [4.78, 5) is 0. The van der Waals surface area contributed by atoms with Gasteiger partial charge in [-0.2, -0.15) is 0 Å². The van der Waals surface area contributed by atoms with Gasteiger partial charge < -0.3 is 0 Å². The van der Waals surface area contributed by atoms with Gasteiger partial charge in [-0.1, -0.05) is 0 Å². The van der Waals surface area contributed by atoms with E-state index in [9.17, 15) is 0 Å². The van der Waals surface area contributed by atoms with Gasteiger partial charge in [0, 0.05) is 0 Å². The van der Waals surface area contributed by atoms with Crippen LogP contribution in [0.4, 0.5) is 0 Å². The second kappa shape index (κ2) is 8.83. The van der Waals surface area contributed by atoms with Crippen LogP contribution in [-0.4, -0.2) is 34.3 Å². The van der Waals surface area contributed by atoms with Crippen molar-refractivity contribution in [3.63, 3.8) is 0 Å². The quantitative estimate of drug-likeness (QED) is 0.660. The normalized spacial score (nSPS) is 10.9. The van der Waals surface area contributed by atoms with Gasteiger partial charge in [0.15, 0.2) is 0 Å².